The summed E-state index contributed by atoms with van der Waals surface area (Å²) < 4.78 is 31.1. The number of rotatable bonds is 3. The van der Waals surface area contributed by atoms with Gasteiger partial charge in [-0.2, -0.15) is 0 Å². The fourth-order valence-electron chi connectivity index (χ4n) is 3.30. The van der Waals surface area contributed by atoms with Crippen LogP contribution < -0.4 is 0 Å². The molecule has 0 aromatic heterocycles. The van der Waals surface area contributed by atoms with Gasteiger partial charge in [-0.1, -0.05) is 0 Å². The number of hydrogen-bond donors (Lipinski definition) is 0. The van der Waals surface area contributed by atoms with Crippen molar-refractivity contribution in [2.24, 2.45) is 5.92 Å². The zero-order valence-corrected chi connectivity index (χ0v) is 12.4. The second-order valence-electron chi connectivity index (χ2n) is 6.09. The number of carbonyl (C=O) groups excluding carboxylic acids is 2. The van der Waals surface area contributed by atoms with Gasteiger partial charge in [-0.3, -0.25) is 9.59 Å². The molecule has 1 atom stereocenters. The highest BCUT2D eigenvalue weighted by molar-refractivity contribution is 5.80. The molecule has 0 bridgehead atoms. The van der Waals surface area contributed by atoms with Crippen LogP contribution in [-0.2, 0) is 14.3 Å². The summed E-state index contributed by atoms with van der Waals surface area (Å²) in [5, 5.41) is 0. The molecule has 1 heterocycles. The summed E-state index contributed by atoms with van der Waals surface area (Å²) in [5.41, 5.74) is 0. The molecule has 120 valence electrons. The quantitative estimate of drug-likeness (QED) is 0.753. The Hall–Kier alpha value is -1.20. The van der Waals surface area contributed by atoms with Crippen LogP contribution in [0, 0.1) is 5.92 Å². The predicted octanol–water partition coefficient (Wildman–Crippen LogP) is 2.76. The Labute approximate surface area is 123 Å². The van der Waals surface area contributed by atoms with Crippen molar-refractivity contribution in [3.63, 3.8) is 0 Å². The van der Waals surface area contributed by atoms with Crippen LogP contribution in [0.15, 0.2) is 0 Å². The van der Waals surface area contributed by atoms with E-state index in [9.17, 15) is 18.4 Å². The zero-order chi connectivity index (χ0) is 15.5. The second kappa shape index (κ2) is 6.71. The van der Waals surface area contributed by atoms with E-state index in [1.165, 1.54) is 7.11 Å². The van der Waals surface area contributed by atoms with Gasteiger partial charge < -0.3 is 9.64 Å². The standard InChI is InChI=1S/C15H23F2NO3/c1-21-13(19)10-12-4-2-3-9-18(12)14(20)11-5-7-15(16,17)8-6-11/h11-12H,2-10H2,1H3. The molecule has 0 radical (unpaired) electrons. The number of nitrogens with zero attached hydrogens (tertiary/aromatic N) is 1. The zero-order valence-electron chi connectivity index (χ0n) is 12.4. The van der Waals surface area contributed by atoms with Crippen LogP contribution in [0.4, 0.5) is 8.78 Å². The van der Waals surface area contributed by atoms with Gasteiger partial charge in [-0.05, 0) is 32.1 Å². The first kappa shape index (κ1) is 16.2. The number of halogens is 2. The van der Waals surface area contributed by atoms with E-state index in [1.807, 2.05) is 0 Å². The highest BCUT2D eigenvalue weighted by Crippen LogP contribution is 2.37. The van der Waals surface area contributed by atoms with Crippen LogP contribution in [0.2, 0.25) is 0 Å². The van der Waals surface area contributed by atoms with Gasteiger partial charge in [-0.25, -0.2) is 8.78 Å². The molecule has 0 spiro atoms. The van der Waals surface area contributed by atoms with Crippen molar-refractivity contribution in [1.29, 1.82) is 0 Å². The molecule has 1 amide bonds. The maximum atomic E-state index is 13.2. The number of piperidine rings is 1. The summed E-state index contributed by atoms with van der Waals surface area (Å²) in [6.07, 6.45) is 2.94. The third kappa shape index (κ3) is 4.14. The first-order valence-electron chi connectivity index (χ1n) is 7.68. The summed E-state index contributed by atoms with van der Waals surface area (Å²) >= 11 is 0. The van der Waals surface area contributed by atoms with Crippen LogP contribution in [0.1, 0.15) is 51.4 Å². The van der Waals surface area contributed by atoms with Gasteiger partial charge >= 0.3 is 5.97 Å². The molecule has 2 rings (SSSR count). The van der Waals surface area contributed by atoms with Crippen LogP contribution in [-0.4, -0.2) is 42.4 Å². The van der Waals surface area contributed by atoms with Gasteiger partial charge in [0.25, 0.3) is 0 Å². The molecule has 0 aromatic carbocycles. The summed E-state index contributed by atoms with van der Waals surface area (Å²) in [4.78, 5) is 25.8. The van der Waals surface area contributed by atoms with Crippen molar-refractivity contribution < 1.29 is 23.1 Å². The summed E-state index contributed by atoms with van der Waals surface area (Å²) in [6, 6.07) is -0.138. The van der Waals surface area contributed by atoms with Crippen molar-refractivity contribution in [2.75, 3.05) is 13.7 Å². The van der Waals surface area contributed by atoms with Gasteiger partial charge in [0.05, 0.1) is 13.5 Å². The summed E-state index contributed by atoms with van der Waals surface area (Å²) in [5.74, 6) is -3.32. The minimum Gasteiger partial charge on any atom is -0.469 e. The average molecular weight is 303 g/mol. The molecule has 1 saturated carbocycles. The second-order valence-corrected chi connectivity index (χ2v) is 6.09. The van der Waals surface area contributed by atoms with Crippen molar-refractivity contribution >= 4 is 11.9 Å². The largest absolute Gasteiger partial charge is 0.469 e. The molecule has 6 heteroatoms. The SMILES string of the molecule is COC(=O)CC1CCCCN1C(=O)C1CCC(F)(F)CC1. The van der Waals surface area contributed by atoms with E-state index >= 15 is 0 Å². The van der Waals surface area contributed by atoms with E-state index in [4.69, 9.17) is 0 Å². The van der Waals surface area contributed by atoms with Crippen molar-refractivity contribution in [3.8, 4) is 0 Å². The Balaban J connectivity index is 1.97. The van der Waals surface area contributed by atoms with Gasteiger partial charge in [0.1, 0.15) is 0 Å². The Morgan fingerprint density at radius 2 is 1.86 bits per heavy atom. The molecule has 4 nitrogen and oxygen atoms in total. The van der Waals surface area contributed by atoms with Crippen molar-refractivity contribution in [3.05, 3.63) is 0 Å². The van der Waals surface area contributed by atoms with Crippen molar-refractivity contribution in [2.45, 2.75) is 63.3 Å². The maximum Gasteiger partial charge on any atom is 0.307 e. The average Bonchev–Trinajstić information content (AvgIpc) is 2.47. The number of amides is 1. The van der Waals surface area contributed by atoms with E-state index in [-0.39, 0.29) is 55.9 Å². The lowest BCUT2D eigenvalue weighted by Crippen LogP contribution is -2.48. The molecule has 21 heavy (non-hydrogen) atoms. The third-order valence-corrected chi connectivity index (χ3v) is 4.61. The van der Waals surface area contributed by atoms with Gasteiger partial charge in [0.15, 0.2) is 0 Å². The monoisotopic (exact) mass is 303 g/mol. The minimum atomic E-state index is -2.62. The first-order chi connectivity index (χ1) is 9.93. The number of hydrogen-bond acceptors (Lipinski definition) is 3. The molecule has 1 unspecified atom stereocenters. The molecule has 0 N–H and O–H groups in total. The third-order valence-electron chi connectivity index (χ3n) is 4.61. The van der Waals surface area contributed by atoms with E-state index < -0.39 is 5.92 Å². The number of methoxy groups -OCH3 is 1. The smallest absolute Gasteiger partial charge is 0.307 e. The molecule has 1 aliphatic carbocycles. The number of ether oxygens (including phenoxy) is 1. The highest BCUT2D eigenvalue weighted by Gasteiger charge is 2.40. The van der Waals surface area contributed by atoms with Gasteiger partial charge in [0.2, 0.25) is 11.8 Å². The Morgan fingerprint density at radius 1 is 1.19 bits per heavy atom. The van der Waals surface area contributed by atoms with Crippen LogP contribution in [0.5, 0.6) is 0 Å². The topological polar surface area (TPSA) is 46.6 Å². The summed E-state index contributed by atoms with van der Waals surface area (Å²) in [7, 11) is 1.33. The Kier molecular flexibility index (Phi) is 5.17. The van der Waals surface area contributed by atoms with Gasteiger partial charge in [0, 0.05) is 31.3 Å². The van der Waals surface area contributed by atoms with E-state index in [0.717, 1.165) is 19.3 Å². The maximum absolute atomic E-state index is 13.2. The fourth-order valence-corrected chi connectivity index (χ4v) is 3.30. The molecule has 1 aliphatic heterocycles. The molecular weight excluding hydrogens is 280 g/mol. The van der Waals surface area contributed by atoms with Crippen LogP contribution in [0.3, 0.4) is 0 Å². The molecule has 2 aliphatic rings. The van der Waals surface area contributed by atoms with E-state index in [2.05, 4.69) is 4.74 Å². The van der Waals surface area contributed by atoms with Crippen molar-refractivity contribution in [1.82, 2.24) is 4.90 Å². The van der Waals surface area contributed by atoms with Crippen LogP contribution >= 0.6 is 0 Å². The molecule has 1 saturated heterocycles. The molecule has 2 fully saturated rings. The minimum absolute atomic E-state index is 0.0564. The highest BCUT2D eigenvalue weighted by atomic mass is 19.3. The number of carbonyl (C=O) groups is 2. The summed E-state index contributed by atoms with van der Waals surface area (Å²) in [6.45, 7) is 0.618. The van der Waals surface area contributed by atoms with Gasteiger partial charge in [-0.15, -0.1) is 0 Å². The number of likely N-dealkylation sites (tertiary alicyclic amines) is 1. The van der Waals surface area contributed by atoms with E-state index in [1.54, 1.807) is 4.90 Å². The van der Waals surface area contributed by atoms with E-state index in [0.29, 0.717) is 6.54 Å². The first-order valence-corrected chi connectivity index (χ1v) is 7.68. The Bertz CT molecular complexity index is 390. The Morgan fingerprint density at radius 3 is 2.48 bits per heavy atom. The lowest BCUT2D eigenvalue weighted by Gasteiger charge is -2.39. The lowest BCUT2D eigenvalue weighted by molar-refractivity contribution is -0.147. The molecule has 0 aromatic rings. The van der Waals surface area contributed by atoms with Crippen LogP contribution in [0.25, 0.3) is 0 Å². The fraction of sp³-hybridized carbons (Fsp3) is 0.867. The lowest BCUT2D eigenvalue weighted by atomic mass is 9.85. The normalized spacial score (nSPS) is 26.4. The predicted molar refractivity (Wildman–Crippen MR) is 72.9 cm³/mol. The molecular formula is C15H23F2NO3. The number of esters is 1. The number of alkyl halides is 2.